The van der Waals surface area contributed by atoms with E-state index < -0.39 is 11.9 Å². The average molecular weight is 389 g/mol. The molecule has 146 valence electrons. The van der Waals surface area contributed by atoms with Gasteiger partial charge in [0.25, 0.3) is 5.91 Å². The third-order valence-electron chi connectivity index (χ3n) is 5.54. The lowest BCUT2D eigenvalue weighted by Gasteiger charge is -2.22. The van der Waals surface area contributed by atoms with Gasteiger partial charge in [0, 0.05) is 13.2 Å². The van der Waals surface area contributed by atoms with Gasteiger partial charge >= 0.3 is 11.8 Å². The van der Waals surface area contributed by atoms with Crippen LogP contribution < -0.4 is 10.2 Å². The van der Waals surface area contributed by atoms with Gasteiger partial charge < -0.3 is 9.73 Å². The number of pyridine rings is 1. The maximum Gasteiger partial charge on any atom is 0.309 e. The molecule has 1 N–H and O–H groups in total. The van der Waals surface area contributed by atoms with Crippen molar-refractivity contribution in [3.63, 3.8) is 0 Å². The van der Waals surface area contributed by atoms with E-state index in [4.69, 9.17) is 4.42 Å². The first kappa shape index (κ1) is 17.5. The number of aromatic nitrogens is 3. The molecule has 8 heteroatoms. The number of carbonyl (C=O) groups is 2. The van der Waals surface area contributed by atoms with Gasteiger partial charge in [-0.05, 0) is 35.4 Å². The van der Waals surface area contributed by atoms with Crippen molar-refractivity contribution in [1.29, 1.82) is 0 Å². The van der Waals surface area contributed by atoms with Crippen LogP contribution in [0.1, 0.15) is 40.0 Å². The minimum atomic E-state index is -0.642. The third kappa shape index (κ3) is 3.16. The van der Waals surface area contributed by atoms with Crippen molar-refractivity contribution < 1.29 is 14.0 Å². The maximum atomic E-state index is 13.0. The van der Waals surface area contributed by atoms with Crippen LogP contribution in [0.2, 0.25) is 0 Å². The second kappa shape index (κ2) is 6.80. The molecule has 3 atom stereocenters. The lowest BCUT2D eigenvalue weighted by Crippen LogP contribution is -2.48. The number of hydrogen-bond donors (Lipinski definition) is 1. The van der Waals surface area contributed by atoms with Crippen molar-refractivity contribution in [2.45, 2.75) is 24.8 Å². The molecule has 0 saturated heterocycles. The number of anilines is 1. The Morgan fingerprint density at radius 1 is 1.21 bits per heavy atom. The Morgan fingerprint density at radius 3 is 2.86 bits per heavy atom. The van der Waals surface area contributed by atoms with E-state index in [0.29, 0.717) is 18.1 Å². The highest BCUT2D eigenvalue weighted by atomic mass is 16.4. The zero-order valence-electron chi connectivity index (χ0n) is 15.8. The summed E-state index contributed by atoms with van der Waals surface area (Å²) < 4.78 is 5.52. The minimum Gasteiger partial charge on any atom is -0.417 e. The first-order chi connectivity index (χ1) is 14.1. The van der Waals surface area contributed by atoms with E-state index >= 15 is 0 Å². The predicted molar refractivity (Wildman–Crippen MR) is 103 cm³/mol. The van der Waals surface area contributed by atoms with Gasteiger partial charge in [-0.1, -0.05) is 36.4 Å². The number of likely N-dealkylation sites (N-methyl/N-ethyl adjacent to an activating group) is 1. The number of benzene rings is 1. The molecule has 0 bridgehead atoms. The summed E-state index contributed by atoms with van der Waals surface area (Å²) in [5.41, 5.74) is 2.06. The van der Waals surface area contributed by atoms with E-state index in [2.05, 4.69) is 20.5 Å². The van der Waals surface area contributed by atoms with Crippen molar-refractivity contribution in [2.75, 3.05) is 11.9 Å². The fraction of sp³-hybridized carbons (Fsp3) is 0.286. The van der Waals surface area contributed by atoms with Crippen LogP contribution in [0.5, 0.6) is 0 Å². The Labute approximate surface area is 167 Å². The molecule has 0 spiro atoms. The fourth-order valence-corrected chi connectivity index (χ4v) is 3.97. The summed E-state index contributed by atoms with van der Waals surface area (Å²) in [5.74, 6) is 0.417. The van der Waals surface area contributed by atoms with Gasteiger partial charge in [0.15, 0.2) is 0 Å². The largest absolute Gasteiger partial charge is 0.417 e. The van der Waals surface area contributed by atoms with Crippen molar-refractivity contribution in [3.05, 3.63) is 71.6 Å². The van der Waals surface area contributed by atoms with Gasteiger partial charge in [-0.3, -0.25) is 14.5 Å². The van der Waals surface area contributed by atoms with Gasteiger partial charge in [0.1, 0.15) is 11.9 Å². The molecule has 1 aliphatic carbocycles. The number of nitrogens with zero attached hydrogens (tertiary/aromatic N) is 4. The molecule has 29 heavy (non-hydrogen) atoms. The molecule has 2 amide bonds. The summed E-state index contributed by atoms with van der Waals surface area (Å²) in [6, 6.07) is 12.9. The number of fused-ring (bicyclic) bond motifs is 3. The van der Waals surface area contributed by atoms with Crippen LogP contribution in [0.3, 0.4) is 0 Å². The highest BCUT2D eigenvalue weighted by Crippen LogP contribution is 2.53. The molecule has 2 aromatic heterocycles. The van der Waals surface area contributed by atoms with E-state index in [0.717, 1.165) is 17.5 Å². The van der Waals surface area contributed by atoms with Crippen LogP contribution in [-0.2, 0) is 11.2 Å². The van der Waals surface area contributed by atoms with Crippen LogP contribution in [0.15, 0.2) is 53.1 Å². The summed E-state index contributed by atoms with van der Waals surface area (Å²) in [7, 11) is 1.68. The molecule has 1 fully saturated rings. The lowest BCUT2D eigenvalue weighted by molar-refractivity contribution is -0.120. The smallest absolute Gasteiger partial charge is 0.309 e. The van der Waals surface area contributed by atoms with Crippen LogP contribution in [0.25, 0.3) is 0 Å². The first-order valence-corrected chi connectivity index (χ1v) is 9.51. The molecule has 1 unspecified atom stereocenters. The lowest BCUT2D eigenvalue weighted by atomic mass is 10.1. The summed E-state index contributed by atoms with van der Waals surface area (Å²) in [5, 5.41) is 10.6. The topological polar surface area (TPSA) is 101 Å². The molecule has 3 aromatic rings. The number of carbonyl (C=O) groups excluding carboxylic acids is 2. The summed E-state index contributed by atoms with van der Waals surface area (Å²) in [6.07, 6.45) is 2.95. The van der Waals surface area contributed by atoms with Crippen LogP contribution >= 0.6 is 0 Å². The van der Waals surface area contributed by atoms with Crippen molar-refractivity contribution in [3.8, 4) is 0 Å². The first-order valence-electron chi connectivity index (χ1n) is 9.51. The number of amides is 2. The SMILES string of the molecule is CN1C(=O)[C@@H](NC(=O)c2nnc(Cc3ccccc3)o2)C2C[C@H]2c2cccnc21. The summed E-state index contributed by atoms with van der Waals surface area (Å²) in [6.45, 7) is 0. The molecular formula is C21H19N5O3. The Balaban J connectivity index is 1.32. The monoisotopic (exact) mass is 389 g/mol. The average Bonchev–Trinajstić information content (AvgIpc) is 3.41. The normalized spacial score (nSPS) is 22.4. The highest BCUT2D eigenvalue weighted by molar-refractivity contribution is 6.02. The Hall–Kier alpha value is -3.55. The van der Waals surface area contributed by atoms with Gasteiger partial charge in [0.2, 0.25) is 5.89 Å². The molecule has 1 aliphatic heterocycles. The van der Waals surface area contributed by atoms with Gasteiger partial charge in [-0.15, -0.1) is 10.2 Å². The molecule has 5 rings (SSSR count). The van der Waals surface area contributed by atoms with Crippen LogP contribution in [0, 0.1) is 5.92 Å². The molecular weight excluding hydrogens is 370 g/mol. The van der Waals surface area contributed by atoms with Crippen LogP contribution in [0.4, 0.5) is 5.82 Å². The minimum absolute atomic E-state index is 0.0473. The Morgan fingerprint density at radius 2 is 2.03 bits per heavy atom. The maximum absolute atomic E-state index is 13.0. The van der Waals surface area contributed by atoms with E-state index in [-0.39, 0.29) is 23.6 Å². The number of nitrogens with one attached hydrogen (secondary N) is 1. The Kier molecular flexibility index (Phi) is 4.12. The predicted octanol–water partition coefficient (Wildman–Crippen LogP) is 1.93. The molecule has 3 heterocycles. The molecule has 1 aromatic carbocycles. The quantitative estimate of drug-likeness (QED) is 0.732. The van der Waals surface area contributed by atoms with E-state index in [1.165, 1.54) is 4.90 Å². The van der Waals surface area contributed by atoms with Crippen molar-refractivity contribution >= 4 is 17.6 Å². The zero-order chi connectivity index (χ0) is 20.0. The third-order valence-corrected chi connectivity index (χ3v) is 5.54. The van der Waals surface area contributed by atoms with Crippen molar-refractivity contribution in [1.82, 2.24) is 20.5 Å². The highest BCUT2D eigenvalue weighted by Gasteiger charge is 2.52. The second-order valence-corrected chi connectivity index (χ2v) is 7.43. The summed E-state index contributed by atoms with van der Waals surface area (Å²) in [4.78, 5) is 31.5. The second-order valence-electron chi connectivity index (χ2n) is 7.43. The van der Waals surface area contributed by atoms with Crippen LogP contribution in [-0.4, -0.2) is 40.1 Å². The molecule has 0 radical (unpaired) electrons. The van der Waals surface area contributed by atoms with Gasteiger partial charge in [-0.25, -0.2) is 4.98 Å². The molecule has 8 nitrogen and oxygen atoms in total. The standard InChI is InChI=1S/C21H19N5O3/c1-26-18-13(8-5-9-22-18)14-11-15(14)17(21(26)28)23-19(27)20-25-24-16(29-20)10-12-6-3-2-4-7-12/h2-9,14-15,17H,10-11H2,1H3,(H,23,27)/t14-,15?,17-/m0/s1. The van der Waals surface area contributed by atoms with E-state index in [1.807, 2.05) is 42.5 Å². The number of hydrogen-bond acceptors (Lipinski definition) is 6. The van der Waals surface area contributed by atoms with E-state index in [1.54, 1.807) is 13.2 Å². The fourth-order valence-electron chi connectivity index (χ4n) is 3.97. The zero-order valence-corrected chi connectivity index (χ0v) is 15.8. The molecule has 1 saturated carbocycles. The van der Waals surface area contributed by atoms with Gasteiger partial charge in [-0.2, -0.15) is 0 Å². The summed E-state index contributed by atoms with van der Waals surface area (Å²) >= 11 is 0. The Bertz CT molecular complexity index is 1080. The van der Waals surface area contributed by atoms with Gasteiger partial charge in [0.05, 0.1) is 6.42 Å². The van der Waals surface area contributed by atoms with Crippen molar-refractivity contribution in [2.24, 2.45) is 5.92 Å². The number of rotatable bonds is 4. The van der Waals surface area contributed by atoms with E-state index in [9.17, 15) is 9.59 Å². The molecule has 2 aliphatic rings.